The third kappa shape index (κ3) is 4.18. The summed E-state index contributed by atoms with van der Waals surface area (Å²) in [4.78, 5) is 16.0. The van der Waals surface area contributed by atoms with Crippen LogP contribution in [0.15, 0.2) is 22.9 Å². The maximum Gasteiger partial charge on any atom is 0.407 e. The van der Waals surface area contributed by atoms with Crippen LogP contribution in [0.5, 0.6) is 0 Å². The number of amides is 1. The Labute approximate surface area is 127 Å². The number of nitrogens with zero attached hydrogens (tertiary/aromatic N) is 1. The molecule has 0 spiro atoms. The lowest BCUT2D eigenvalue weighted by molar-refractivity contribution is 0.0447. The molecule has 0 aromatic carbocycles. The van der Waals surface area contributed by atoms with E-state index in [9.17, 15) is 4.79 Å². The maximum absolute atomic E-state index is 11.8. The summed E-state index contributed by atoms with van der Waals surface area (Å²) in [5.74, 6) is 0. The van der Waals surface area contributed by atoms with Crippen molar-refractivity contribution in [2.45, 2.75) is 44.9 Å². The van der Waals surface area contributed by atoms with Gasteiger partial charge in [0.15, 0.2) is 0 Å². The molecule has 0 saturated carbocycles. The molecule has 0 unspecified atom stereocenters. The number of hydrogen-bond donors (Lipinski definition) is 1. The lowest BCUT2D eigenvalue weighted by Gasteiger charge is -2.24. The van der Waals surface area contributed by atoms with Gasteiger partial charge in [-0.2, -0.15) is 0 Å². The molecule has 0 radical (unpaired) electrons. The first-order valence-electron chi connectivity index (χ1n) is 6.57. The summed E-state index contributed by atoms with van der Waals surface area (Å²) in [5, 5.41) is 2.87. The van der Waals surface area contributed by atoms with Crippen LogP contribution in [0.1, 0.15) is 38.9 Å². The molecule has 1 aliphatic rings. The molecular weight excluding hydrogens is 324 g/mol. The minimum atomic E-state index is -0.504. The number of carbonyl (C=O) groups excluding carboxylic acids is 1. The molecule has 1 aromatic heterocycles. The van der Waals surface area contributed by atoms with Gasteiger partial charge in [-0.05, 0) is 49.2 Å². The van der Waals surface area contributed by atoms with Crippen LogP contribution in [0, 0.1) is 0 Å². The third-order valence-corrected chi connectivity index (χ3v) is 3.28. The van der Waals surface area contributed by atoms with Crippen LogP contribution in [0.25, 0.3) is 0 Å². The Morgan fingerprint density at radius 3 is 2.90 bits per heavy atom. The summed E-state index contributed by atoms with van der Waals surface area (Å²) in [6, 6.07) is 1.85. The van der Waals surface area contributed by atoms with Gasteiger partial charge in [-0.3, -0.25) is 4.98 Å². The number of nitrogens with one attached hydrogen (secondary N) is 1. The standard InChI is InChI=1S/C14H19BrN2O3/c1-14(2,3)20-13(18)17-11-4-5-19-12(11)9-6-10(15)8-16-7-9/h6-8,11-12H,4-5H2,1-3H3,(H,17,18)/t11-,12+/m1/s1. The molecule has 5 nitrogen and oxygen atoms in total. The van der Waals surface area contributed by atoms with Crippen LogP contribution in [0.4, 0.5) is 4.79 Å². The molecule has 1 aliphatic heterocycles. The second-order valence-corrected chi connectivity index (χ2v) is 6.68. The fourth-order valence-corrected chi connectivity index (χ4v) is 2.49. The first-order valence-corrected chi connectivity index (χ1v) is 7.36. The zero-order valence-electron chi connectivity index (χ0n) is 11.9. The zero-order chi connectivity index (χ0) is 14.8. The van der Waals surface area contributed by atoms with Crippen molar-refractivity contribution in [3.8, 4) is 0 Å². The fourth-order valence-electron chi connectivity index (χ4n) is 2.11. The molecule has 1 saturated heterocycles. The lowest BCUT2D eigenvalue weighted by Crippen LogP contribution is -2.40. The van der Waals surface area contributed by atoms with Crippen LogP contribution in [0.3, 0.4) is 0 Å². The number of pyridine rings is 1. The average Bonchev–Trinajstić information content (AvgIpc) is 2.74. The number of halogens is 1. The van der Waals surface area contributed by atoms with Crippen LogP contribution in [-0.2, 0) is 9.47 Å². The summed E-state index contributed by atoms with van der Waals surface area (Å²) in [6.45, 7) is 6.13. The van der Waals surface area contributed by atoms with E-state index >= 15 is 0 Å². The number of alkyl carbamates (subject to hydrolysis) is 1. The zero-order valence-corrected chi connectivity index (χ0v) is 13.4. The summed E-state index contributed by atoms with van der Waals surface area (Å²) in [7, 11) is 0. The Bertz CT molecular complexity index is 488. The first kappa shape index (κ1) is 15.3. The lowest BCUT2D eigenvalue weighted by atomic mass is 10.0. The molecule has 2 rings (SSSR count). The van der Waals surface area contributed by atoms with Gasteiger partial charge in [0.05, 0.1) is 6.04 Å². The molecule has 0 aliphatic carbocycles. The monoisotopic (exact) mass is 342 g/mol. The molecule has 1 amide bonds. The largest absolute Gasteiger partial charge is 0.444 e. The van der Waals surface area contributed by atoms with Crippen molar-refractivity contribution in [3.05, 3.63) is 28.5 Å². The predicted molar refractivity (Wildman–Crippen MR) is 78.4 cm³/mol. The highest BCUT2D eigenvalue weighted by Crippen LogP contribution is 2.30. The van der Waals surface area contributed by atoms with Gasteiger partial charge in [0.1, 0.15) is 11.7 Å². The van der Waals surface area contributed by atoms with Crippen LogP contribution >= 0.6 is 15.9 Å². The van der Waals surface area contributed by atoms with Gasteiger partial charge in [-0.25, -0.2) is 4.79 Å². The summed E-state index contributed by atoms with van der Waals surface area (Å²) >= 11 is 3.39. The van der Waals surface area contributed by atoms with E-state index in [2.05, 4.69) is 26.2 Å². The molecule has 20 heavy (non-hydrogen) atoms. The normalized spacial score (nSPS) is 22.6. The molecule has 6 heteroatoms. The van der Waals surface area contributed by atoms with Gasteiger partial charge < -0.3 is 14.8 Å². The topological polar surface area (TPSA) is 60.5 Å². The van der Waals surface area contributed by atoms with Gasteiger partial charge in [0, 0.05) is 29.0 Å². The highest BCUT2D eigenvalue weighted by molar-refractivity contribution is 9.10. The summed E-state index contributed by atoms with van der Waals surface area (Å²) in [5.41, 5.74) is 0.439. The van der Waals surface area contributed by atoms with E-state index in [0.717, 1.165) is 16.5 Å². The fraction of sp³-hybridized carbons (Fsp3) is 0.571. The second kappa shape index (κ2) is 6.10. The number of ether oxygens (including phenoxy) is 2. The number of aromatic nitrogens is 1. The van der Waals surface area contributed by atoms with Crippen LogP contribution in [0.2, 0.25) is 0 Å². The van der Waals surface area contributed by atoms with E-state index in [1.54, 1.807) is 12.4 Å². The Morgan fingerprint density at radius 1 is 1.50 bits per heavy atom. The maximum atomic E-state index is 11.8. The van der Waals surface area contributed by atoms with E-state index in [1.165, 1.54) is 0 Å². The second-order valence-electron chi connectivity index (χ2n) is 5.77. The van der Waals surface area contributed by atoms with E-state index in [1.807, 2.05) is 26.8 Å². The van der Waals surface area contributed by atoms with E-state index < -0.39 is 11.7 Å². The highest BCUT2D eigenvalue weighted by atomic mass is 79.9. The van der Waals surface area contributed by atoms with Crippen molar-refractivity contribution in [3.63, 3.8) is 0 Å². The molecular formula is C14H19BrN2O3. The van der Waals surface area contributed by atoms with Gasteiger partial charge in [-0.15, -0.1) is 0 Å². The number of carbonyl (C=O) groups is 1. The van der Waals surface area contributed by atoms with Crippen molar-refractivity contribution in [2.75, 3.05) is 6.61 Å². The molecule has 2 heterocycles. The number of hydrogen-bond acceptors (Lipinski definition) is 4. The molecule has 0 bridgehead atoms. The van der Waals surface area contributed by atoms with Crippen LogP contribution in [-0.4, -0.2) is 29.3 Å². The van der Waals surface area contributed by atoms with Gasteiger partial charge in [-0.1, -0.05) is 0 Å². The first-order chi connectivity index (χ1) is 9.35. The van der Waals surface area contributed by atoms with Gasteiger partial charge in [0.25, 0.3) is 0 Å². The van der Waals surface area contributed by atoms with E-state index in [0.29, 0.717) is 6.61 Å². The Kier molecular flexibility index (Phi) is 4.65. The SMILES string of the molecule is CC(C)(C)OC(=O)N[C@@H]1CCO[C@H]1c1cncc(Br)c1. The minimum absolute atomic E-state index is 0.0963. The molecule has 1 aromatic rings. The molecule has 1 fully saturated rings. The van der Waals surface area contributed by atoms with Crippen molar-refractivity contribution in [1.82, 2.24) is 10.3 Å². The average molecular weight is 343 g/mol. The highest BCUT2D eigenvalue weighted by Gasteiger charge is 2.32. The Balaban J connectivity index is 2.03. The van der Waals surface area contributed by atoms with Crippen molar-refractivity contribution in [2.24, 2.45) is 0 Å². The van der Waals surface area contributed by atoms with E-state index in [-0.39, 0.29) is 12.1 Å². The summed E-state index contributed by atoms with van der Waals surface area (Å²) < 4.78 is 11.9. The molecule has 1 N–H and O–H groups in total. The smallest absolute Gasteiger partial charge is 0.407 e. The Hall–Kier alpha value is -1.14. The third-order valence-electron chi connectivity index (χ3n) is 2.85. The van der Waals surface area contributed by atoms with Crippen molar-refractivity contribution < 1.29 is 14.3 Å². The molecule has 110 valence electrons. The number of rotatable bonds is 2. The minimum Gasteiger partial charge on any atom is -0.444 e. The van der Waals surface area contributed by atoms with E-state index in [4.69, 9.17) is 9.47 Å². The van der Waals surface area contributed by atoms with Crippen LogP contribution < -0.4 is 5.32 Å². The van der Waals surface area contributed by atoms with Crippen molar-refractivity contribution >= 4 is 22.0 Å². The summed E-state index contributed by atoms with van der Waals surface area (Å²) in [6.07, 6.45) is 3.63. The predicted octanol–water partition coefficient (Wildman–Crippen LogP) is 3.20. The Morgan fingerprint density at radius 2 is 2.25 bits per heavy atom. The van der Waals surface area contributed by atoms with Gasteiger partial charge >= 0.3 is 6.09 Å². The quantitative estimate of drug-likeness (QED) is 0.896. The van der Waals surface area contributed by atoms with Crippen molar-refractivity contribution in [1.29, 1.82) is 0 Å². The van der Waals surface area contributed by atoms with Gasteiger partial charge in [0.2, 0.25) is 0 Å². The molecule has 2 atom stereocenters.